The Labute approximate surface area is 171 Å². The zero-order valence-corrected chi connectivity index (χ0v) is 16.0. The van der Waals surface area contributed by atoms with Crippen molar-refractivity contribution in [2.75, 3.05) is 0 Å². The summed E-state index contributed by atoms with van der Waals surface area (Å²) in [5.41, 5.74) is 8.64. The van der Waals surface area contributed by atoms with Crippen LogP contribution in [0.25, 0.3) is 33.9 Å². The molecule has 1 saturated carbocycles. The molecule has 1 fully saturated rings. The third kappa shape index (κ3) is 2.93. The molecule has 9 heteroatoms. The maximum absolute atomic E-state index is 14.7. The van der Waals surface area contributed by atoms with Crippen LogP contribution in [0.2, 0.25) is 0 Å². The van der Waals surface area contributed by atoms with Crippen molar-refractivity contribution in [3.05, 3.63) is 48.7 Å². The molecule has 0 spiro atoms. The zero-order valence-electron chi connectivity index (χ0n) is 16.0. The highest BCUT2D eigenvalue weighted by molar-refractivity contribution is 5.83. The van der Waals surface area contributed by atoms with Gasteiger partial charge in [-0.05, 0) is 37.5 Å². The van der Waals surface area contributed by atoms with Gasteiger partial charge in [0.25, 0.3) is 0 Å². The maximum Gasteiger partial charge on any atom is 0.174 e. The minimum atomic E-state index is -0.399. The molecule has 3 atom stereocenters. The number of nitrogens with one attached hydrogen (secondary N) is 1. The van der Waals surface area contributed by atoms with Crippen molar-refractivity contribution >= 4 is 11.0 Å². The lowest BCUT2D eigenvalue weighted by Crippen LogP contribution is -2.39. The second kappa shape index (κ2) is 7.31. The smallest absolute Gasteiger partial charge is 0.174 e. The Balaban J connectivity index is 1.78. The Morgan fingerprint density at radius 1 is 1.23 bits per heavy atom. The Morgan fingerprint density at radius 3 is 2.87 bits per heavy atom. The van der Waals surface area contributed by atoms with Crippen molar-refractivity contribution in [1.82, 2.24) is 29.7 Å². The van der Waals surface area contributed by atoms with Gasteiger partial charge in [-0.15, -0.1) is 0 Å². The summed E-state index contributed by atoms with van der Waals surface area (Å²) in [7, 11) is 0. The zero-order chi connectivity index (χ0) is 20.7. The number of nitrogens with two attached hydrogens (primary N) is 1. The summed E-state index contributed by atoms with van der Waals surface area (Å²) in [6.07, 6.45) is 5.49. The standard InChI is InChI=1S/C21H19FN8/c22-14-5-2-1-4-12(14)21-28-17-10-25-16(20-26-11-27-29-20)8-19(17)30(21)18-7-3-6-15(24)13(18)9-23/h1-2,4-5,8,10-11,13,15,18H,3,6-7,24H2,(H,26,27,29)/t13-,15-,18+/m0/s1. The number of fused-ring (bicyclic) bond motifs is 1. The summed E-state index contributed by atoms with van der Waals surface area (Å²) in [5.74, 6) is 0.225. The largest absolute Gasteiger partial charge is 0.326 e. The number of aromatic amines is 1. The van der Waals surface area contributed by atoms with Crippen LogP contribution in [0.15, 0.2) is 42.9 Å². The topological polar surface area (TPSA) is 122 Å². The van der Waals surface area contributed by atoms with Gasteiger partial charge >= 0.3 is 0 Å². The van der Waals surface area contributed by atoms with Gasteiger partial charge in [0.1, 0.15) is 29.2 Å². The van der Waals surface area contributed by atoms with Crippen LogP contribution in [0.4, 0.5) is 4.39 Å². The van der Waals surface area contributed by atoms with Gasteiger partial charge in [-0.3, -0.25) is 10.1 Å². The number of halogens is 1. The fourth-order valence-corrected chi connectivity index (χ4v) is 4.30. The molecule has 0 saturated heterocycles. The first kappa shape index (κ1) is 18.4. The number of nitrogens with zero attached hydrogens (tertiary/aromatic N) is 6. The van der Waals surface area contributed by atoms with Gasteiger partial charge in [0.05, 0.1) is 35.3 Å². The number of benzene rings is 1. The number of pyridine rings is 1. The molecule has 1 aliphatic rings. The molecule has 5 rings (SSSR count). The molecule has 1 aliphatic carbocycles. The second-order valence-corrected chi connectivity index (χ2v) is 7.49. The predicted molar refractivity (Wildman–Crippen MR) is 108 cm³/mol. The lowest BCUT2D eigenvalue weighted by atomic mass is 9.81. The summed E-state index contributed by atoms with van der Waals surface area (Å²) < 4.78 is 16.7. The molecule has 0 amide bonds. The molecule has 30 heavy (non-hydrogen) atoms. The Hall–Kier alpha value is -3.64. The van der Waals surface area contributed by atoms with E-state index in [1.807, 2.05) is 10.6 Å². The number of imidazole rings is 1. The van der Waals surface area contributed by atoms with Crippen molar-refractivity contribution in [3.63, 3.8) is 0 Å². The van der Waals surface area contributed by atoms with Crippen molar-refractivity contribution in [2.24, 2.45) is 11.7 Å². The quantitative estimate of drug-likeness (QED) is 0.542. The Morgan fingerprint density at radius 2 is 2.10 bits per heavy atom. The number of rotatable bonds is 3. The van der Waals surface area contributed by atoms with E-state index in [1.54, 1.807) is 24.4 Å². The van der Waals surface area contributed by atoms with Crippen LogP contribution in [0.3, 0.4) is 0 Å². The highest BCUT2D eigenvalue weighted by Crippen LogP contribution is 2.39. The molecule has 4 aromatic rings. The highest BCUT2D eigenvalue weighted by atomic mass is 19.1. The molecular weight excluding hydrogens is 383 g/mol. The summed E-state index contributed by atoms with van der Waals surface area (Å²) in [6, 6.07) is 10.3. The van der Waals surface area contributed by atoms with Gasteiger partial charge in [-0.2, -0.15) is 10.4 Å². The second-order valence-electron chi connectivity index (χ2n) is 7.49. The minimum absolute atomic E-state index is 0.219. The average Bonchev–Trinajstić information content (AvgIpc) is 3.41. The third-order valence-electron chi connectivity index (χ3n) is 5.74. The SMILES string of the molecule is N#C[C@@H]1[C@H](n2c(-c3ccccc3F)nc3cnc(-c4ncn[nH]4)cc32)CCC[C@@H]1N. The van der Waals surface area contributed by atoms with Gasteiger partial charge < -0.3 is 10.3 Å². The molecule has 0 radical (unpaired) electrons. The average molecular weight is 402 g/mol. The first-order chi connectivity index (χ1) is 14.7. The van der Waals surface area contributed by atoms with Crippen LogP contribution < -0.4 is 5.73 Å². The molecule has 3 aromatic heterocycles. The van der Waals surface area contributed by atoms with Crippen molar-refractivity contribution in [1.29, 1.82) is 5.26 Å². The third-order valence-corrected chi connectivity index (χ3v) is 5.74. The summed E-state index contributed by atoms with van der Waals surface area (Å²) in [5, 5.41) is 16.5. The van der Waals surface area contributed by atoms with Crippen molar-refractivity contribution in [2.45, 2.75) is 31.3 Å². The maximum atomic E-state index is 14.7. The number of aromatic nitrogens is 6. The van der Waals surface area contributed by atoms with Crippen molar-refractivity contribution in [3.8, 4) is 29.0 Å². The van der Waals surface area contributed by atoms with E-state index in [1.165, 1.54) is 12.4 Å². The monoisotopic (exact) mass is 402 g/mol. The van der Waals surface area contributed by atoms with Crippen LogP contribution in [0.5, 0.6) is 0 Å². The minimum Gasteiger partial charge on any atom is -0.326 e. The molecule has 150 valence electrons. The van der Waals surface area contributed by atoms with Crippen LogP contribution in [-0.2, 0) is 0 Å². The Bertz CT molecular complexity index is 1240. The fraction of sp³-hybridized carbons (Fsp3) is 0.286. The fourth-order valence-electron chi connectivity index (χ4n) is 4.30. The van der Waals surface area contributed by atoms with Gasteiger partial charge in [-0.25, -0.2) is 14.4 Å². The lowest BCUT2D eigenvalue weighted by Gasteiger charge is -2.34. The Kier molecular flexibility index (Phi) is 4.48. The molecule has 3 N–H and O–H groups in total. The van der Waals surface area contributed by atoms with E-state index >= 15 is 0 Å². The number of nitriles is 1. The van der Waals surface area contributed by atoms with E-state index in [9.17, 15) is 9.65 Å². The summed E-state index contributed by atoms with van der Waals surface area (Å²) in [6.45, 7) is 0. The molecular formula is C21H19FN8. The lowest BCUT2D eigenvalue weighted by molar-refractivity contribution is 0.262. The van der Waals surface area contributed by atoms with Crippen molar-refractivity contribution < 1.29 is 4.39 Å². The summed E-state index contributed by atoms with van der Waals surface area (Å²) in [4.78, 5) is 13.3. The van der Waals surface area contributed by atoms with E-state index < -0.39 is 5.92 Å². The molecule has 1 aromatic carbocycles. The number of hydrogen-bond acceptors (Lipinski definition) is 6. The van der Waals surface area contributed by atoms with Gasteiger partial charge in [-0.1, -0.05) is 12.1 Å². The van der Waals surface area contributed by atoms with E-state index in [4.69, 9.17) is 10.7 Å². The van der Waals surface area contributed by atoms with Crippen LogP contribution >= 0.6 is 0 Å². The summed E-state index contributed by atoms with van der Waals surface area (Å²) >= 11 is 0. The van der Waals surface area contributed by atoms with Crippen LogP contribution in [-0.4, -0.2) is 35.8 Å². The van der Waals surface area contributed by atoms with Gasteiger partial charge in [0.15, 0.2) is 5.82 Å². The molecule has 8 nitrogen and oxygen atoms in total. The van der Waals surface area contributed by atoms with Gasteiger partial charge in [0, 0.05) is 6.04 Å². The first-order valence-corrected chi connectivity index (χ1v) is 9.81. The molecule has 0 unspecified atom stereocenters. The number of H-pyrrole nitrogens is 1. The number of hydrogen-bond donors (Lipinski definition) is 2. The van der Waals surface area contributed by atoms with E-state index in [-0.39, 0.29) is 17.9 Å². The van der Waals surface area contributed by atoms with E-state index in [0.717, 1.165) is 24.8 Å². The van der Waals surface area contributed by atoms with E-state index in [0.29, 0.717) is 28.4 Å². The molecule has 3 heterocycles. The van der Waals surface area contributed by atoms with Gasteiger partial charge in [0.2, 0.25) is 0 Å². The normalized spacial score (nSPS) is 21.6. The van der Waals surface area contributed by atoms with Crippen LogP contribution in [0, 0.1) is 23.1 Å². The molecule has 0 aliphatic heterocycles. The van der Waals surface area contributed by atoms with E-state index in [2.05, 4.69) is 26.2 Å². The highest BCUT2D eigenvalue weighted by Gasteiger charge is 2.35. The molecule has 0 bridgehead atoms. The predicted octanol–water partition coefficient (Wildman–Crippen LogP) is 3.21. The van der Waals surface area contributed by atoms with Crippen LogP contribution in [0.1, 0.15) is 25.3 Å². The first-order valence-electron chi connectivity index (χ1n) is 9.81.